The molecule has 2 aliphatic rings. The molecule has 0 radical (unpaired) electrons. The Hall–Kier alpha value is -1.56. The summed E-state index contributed by atoms with van der Waals surface area (Å²) < 4.78 is 0. The first kappa shape index (κ1) is 17.8. The van der Waals surface area contributed by atoms with Gasteiger partial charge in [-0.05, 0) is 32.6 Å². The zero-order valence-electron chi connectivity index (χ0n) is 15.3. The molecule has 0 fully saturated rings. The SMILES string of the molecule is C/C=C/C=C\C1(CCC2(C)/C=C\C=C/C(C)(C)/C=C\2)C=CCC1. The minimum absolute atomic E-state index is 0.139. The van der Waals surface area contributed by atoms with Gasteiger partial charge in [-0.2, -0.15) is 0 Å². The van der Waals surface area contributed by atoms with E-state index >= 15 is 0 Å². The van der Waals surface area contributed by atoms with Gasteiger partial charge < -0.3 is 0 Å². The Morgan fingerprint density at radius 1 is 0.870 bits per heavy atom. The van der Waals surface area contributed by atoms with Crippen LogP contribution in [0.4, 0.5) is 0 Å². The Labute approximate surface area is 143 Å². The minimum atomic E-state index is 0.139. The summed E-state index contributed by atoms with van der Waals surface area (Å²) >= 11 is 0. The highest BCUT2D eigenvalue weighted by Gasteiger charge is 2.30. The molecule has 0 aromatic carbocycles. The molecular formula is C23H32. The molecule has 2 atom stereocenters. The molecule has 0 saturated carbocycles. The van der Waals surface area contributed by atoms with E-state index in [1.165, 1.54) is 25.7 Å². The predicted molar refractivity (Wildman–Crippen MR) is 103 cm³/mol. The molecule has 0 aliphatic heterocycles. The van der Waals surface area contributed by atoms with Crippen LogP contribution in [0, 0.1) is 16.2 Å². The first-order valence-electron chi connectivity index (χ1n) is 8.94. The van der Waals surface area contributed by atoms with Crippen LogP contribution < -0.4 is 0 Å². The minimum Gasteiger partial charge on any atom is -0.0877 e. The Bertz CT molecular complexity index is 565. The van der Waals surface area contributed by atoms with Crippen molar-refractivity contribution in [2.75, 3.05) is 0 Å². The lowest BCUT2D eigenvalue weighted by atomic mass is 9.73. The molecule has 2 unspecified atom stereocenters. The van der Waals surface area contributed by atoms with Gasteiger partial charge >= 0.3 is 0 Å². The van der Waals surface area contributed by atoms with Gasteiger partial charge in [0.1, 0.15) is 0 Å². The van der Waals surface area contributed by atoms with Crippen molar-refractivity contribution < 1.29 is 0 Å². The first-order chi connectivity index (χ1) is 10.9. The summed E-state index contributed by atoms with van der Waals surface area (Å²) in [5, 5.41) is 0. The van der Waals surface area contributed by atoms with Gasteiger partial charge in [0.15, 0.2) is 0 Å². The molecule has 0 saturated heterocycles. The van der Waals surface area contributed by atoms with Crippen molar-refractivity contribution >= 4 is 0 Å². The Kier molecular flexibility index (Phi) is 5.68. The van der Waals surface area contributed by atoms with Crippen LogP contribution in [0.15, 0.2) is 72.9 Å². The molecule has 0 aromatic heterocycles. The van der Waals surface area contributed by atoms with E-state index < -0.39 is 0 Å². The maximum Gasteiger partial charge on any atom is 0.00674 e. The predicted octanol–water partition coefficient (Wildman–Crippen LogP) is 6.95. The second-order valence-corrected chi connectivity index (χ2v) is 7.94. The highest BCUT2D eigenvalue weighted by atomic mass is 14.3. The third kappa shape index (κ3) is 5.23. The number of rotatable bonds is 5. The third-order valence-electron chi connectivity index (χ3n) is 5.09. The zero-order chi connectivity index (χ0) is 16.8. The summed E-state index contributed by atoms with van der Waals surface area (Å²) in [6, 6.07) is 0. The van der Waals surface area contributed by atoms with Gasteiger partial charge in [0.05, 0.1) is 0 Å². The van der Waals surface area contributed by atoms with Gasteiger partial charge in [-0.1, -0.05) is 93.7 Å². The fourth-order valence-corrected chi connectivity index (χ4v) is 3.31. The van der Waals surface area contributed by atoms with E-state index in [1.807, 2.05) is 0 Å². The Balaban J connectivity index is 2.12. The fraction of sp³-hybridized carbons (Fsp3) is 0.478. The topological polar surface area (TPSA) is 0 Å². The average molecular weight is 309 g/mol. The van der Waals surface area contributed by atoms with Crippen LogP contribution in [0.25, 0.3) is 0 Å². The molecule has 0 heterocycles. The molecule has 0 heteroatoms. The van der Waals surface area contributed by atoms with Crippen LogP contribution in [-0.2, 0) is 0 Å². The van der Waals surface area contributed by atoms with Gasteiger partial charge in [0.2, 0.25) is 0 Å². The molecule has 0 nitrogen and oxygen atoms in total. The van der Waals surface area contributed by atoms with Crippen LogP contribution in [0.3, 0.4) is 0 Å². The Morgan fingerprint density at radius 3 is 2.35 bits per heavy atom. The molecule has 0 amide bonds. The Morgan fingerprint density at radius 2 is 1.65 bits per heavy atom. The quantitative estimate of drug-likeness (QED) is 0.381. The summed E-state index contributed by atoms with van der Waals surface area (Å²) in [6.45, 7) is 8.96. The van der Waals surface area contributed by atoms with Crippen molar-refractivity contribution in [1.82, 2.24) is 0 Å². The lowest BCUT2D eigenvalue weighted by Crippen LogP contribution is -2.19. The highest BCUT2D eigenvalue weighted by Crippen LogP contribution is 2.42. The van der Waals surface area contributed by atoms with E-state index in [1.54, 1.807) is 0 Å². The lowest BCUT2D eigenvalue weighted by molar-refractivity contribution is 0.358. The van der Waals surface area contributed by atoms with E-state index in [4.69, 9.17) is 0 Å². The second-order valence-electron chi connectivity index (χ2n) is 7.94. The van der Waals surface area contributed by atoms with Crippen LogP contribution in [0.5, 0.6) is 0 Å². The standard InChI is InChI=1S/C23H32/c1-5-6-7-14-23(15-10-11-16-23)20-19-22(4)13-9-8-12-21(2,3)17-18-22/h5-10,12-15,17-18H,11,16,19-20H2,1-4H3/b6-5+,12-8-,13-9-,14-7-,18-17-. The maximum absolute atomic E-state index is 2.43. The summed E-state index contributed by atoms with van der Waals surface area (Å²) in [5.41, 5.74) is 0.528. The van der Waals surface area contributed by atoms with Gasteiger partial charge in [0.25, 0.3) is 0 Å². The van der Waals surface area contributed by atoms with Crippen LogP contribution in [0.1, 0.15) is 53.4 Å². The molecule has 23 heavy (non-hydrogen) atoms. The fourth-order valence-electron chi connectivity index (χ4n) is 3.31. The van der Waals surface area contributed by atoms with Crippen LogP contribution in [0.2, 0.25) is 0 Å². The monoisotopic (exact) mass is 308 g/mol. The van der Waals surface area contributed by atoms with E-state index in [2.05, 4.69) is 101 Å². The van der Waals surface area contributed by atoms with Crippen LogP contribution in [-0.4, -0.2) is 0 Å². The van der Waals surface area contributed by atoms with Gasteiger partial charge in [-0.3, -0.25) is 0 Å². The zero-order valence-corrected chi connectivity index (χ0v) is 15.3. The second kappa shape index (κ2) is 7.34. The number of allylic oxidation sites excluding steroid dienone is 12. The molecule has 0 bridgehead atoms. The summed E-state index contributed by atoms with van der Waals surface area (Å²) in [7, 11) is 0. The summed E-state index contributed by atoms with van der Waals surface area (Å²) in [4.78, 5) is 0. The molecule has 0 aromatic rings. The van der Waals surface area contributed by atoms with Crippen molar-refractivity contribution in [3.8, 4) is 0 Å². The summed E-state index contributed by atoms with van der Waals surface area (Å²) in [5.74, 6) is 0. The molecular weight excluding hydrogens is 276 g/mol. The van der Waals surface area contributed by atoms with Crippen molar-refractivity contribution in [1.29, 1.82) is 0 Å². The molecule has 0 N–H and O–H groups in total. The van der Waals surface area contributed by atoms with E-state index in [0.717, 1.165) is 0 Å². The number of hydrogen-bond acceptors (Lipinski definition) is 0. The molecule has 2 aliphatic carbocycles. The maximum atomic E-state index is 2.43. The normalized spacial score (nSPS) is 37.0. The van der Waals surface area contributed by atoms with Crippen molar-refractivity contribution in [3.63, 3.8) is 0 Å². The van der Waals surface area contributed by atoms with Crippen molar-refractivity contribution in [3.05, 3.63) is 72.9 Å². The molecule has 124 valence electrons. The van der Waals surface area contributed by atoms with E-state index in [-0.39, 0.29) is 16.2 Å². The largest absolute Gasteiger partial charge is 0.0877 e. The lowest BCUT2D eigenvalue weighted by Gasteiger charge is -2.31. The highest BCUT2D eigenvalue weighted by molar-refractivity contribution is 5.25. The van der Waals surface area contributed by atoms with Crippen molar-refractivity contribution in [2.24, 2.45) is 16.2 Å². The average Bonchev–Trinajstić information content (AvgIpc) is 2.97. The summed E-state index contributed by atoms with van der Waals surface area (Å²) in [6.07, 6.45) is 32.3. The van der Waals surface area contributed by atoms with E-state index in [0.29, 0.717) is 0 Å². The van der Waals surface area contributed by atoms with Gasteiger partial charge in [-0.15, -0.1) is 0 Å². The van der Waals surface area contributed by atoms with E-state index in [9.17, 15) is 0 Å². The number of hydrogen-bond donors (Lipinski definition) is 0. The molecule has 0 spiro atoms. The first-order valence-corrected chi connectivity index (χ1v) is 8.94. The smallest absolute Gasteiger partial charge is 0.00674 e. The van der Waals surface area contributed by atoms with Gasteiger partial charge in [0, 0.05) is 16.2 Å². The van der Waals surface area contributed by atoms with Gasteiger partial charge in [-0.25, -0.2) is 0 Å². The third-order valence-corrected chi connectivity index (χ3v) is 5.09. The molecule has 2 rings (SSSR count). The van der Waals surface area contributed by atoms with Crippen LogP contribution >= 0.6 is 0 Å². The van der Waals surface area contributed by atoms with Crippen molar-refractivity contribution in [2.45, 2.75) is 53.4 Å².